The van der Waals surface area contributed by atoms with E-state index in [4.69, 9.17) is 11.6 Å². The lowest BCUT2D eigenvalue weighted by molar-refractivity contribution is -0.137. The molecule has 1 N–H and O–H groups in total. The van der Waals surface area contributed by atoms with Crippen LogP contribution in [0.25, 0.3) is 0 Å². The number of piperidine rings is 1. The summed E-state index contributed by atoms with van der Waals surface area (Å²) in [6, 6.07) is 9.43. The van der Waals surface area contributed by atoms with E-state index in [9.17, 15) is 23.5 Å². The molecule has 0 spiro atoms. The fourth-order valence-electron chi connectivity index (χ4n) is 3.54. The molecular weight excluding hydrogens is 404 g/mol. The topological polar surface area (TPSA) is 75.4 Å². The van der Waals surface area contributed by atoms with Gasteiger partial charge in [0, 0.05) is 25.6 Å². The Morgan fingerprint density at radius 3 is 2.48 bits per heavy atom. The summed E-state index contributed by atoms with van der Waals surface area (Å²) < 4.78 is 28.2. The first-order chi connectivity index (χ1) is 13.8. The first-order valence-corrected chi connectivity index (χ1v) is 9.70. The second kappa shape index (κ2) is 9.00. The molecule has 1 amide bonds. The molecule has 1 aliphatic rings. The lowest BCUT2D eigenvalue weighted by atomic mass is 9.90. The highest BCUT2D eigenvalue weighted by Gasteiger charge is 2.36. The van der Waals surface area contributed by atoms with Crippen molar-refractivity contribution < 1.29 is 18.7 Å². The molecule has 2 heterocycles. The van der Waals surface area contributed by atoms with E-state index < -0.39 is 17.9 Å². The number of carbonyl (C=O) groups excluding carboxylic acids is 1. The second-order valence-corrected chi connectivity index (χ2v) is 7.73. The Labute approximate surface area is 171 Å². The van der Waals surface area contributed by atoms with Gasteiger partial charge in [0.15, 0.2) is 0 Å². The minimum atomic E-state index is -2.65. The van der Waals surface area contributed by atoms with Gasteiger partial charge in [-0.05, 0) is 18.4 Å². The molecule has 6 nitrogen and oxygen atoms in total. The van der Waals surface area contributed by atoms with Crippen molar-refractivity contribution in [3.63, 3.8) is 0 Å². The highest BCUT2D eigenvalue weighted by Crippen LogP contribution is 2.29. The first kappa shape index (κ1) is 21.4. The van der Waals surface area contributed by atoms with Crippen molar-refractivity contribution in [1.82, 2.24) is 14.5 Å². The summed E-state index contributed by atoms with van der Waals surface area (Å²) in [7, 11) is 0. The lowest BCUT2D eigenvalue weighted by Crippen LogP contribution is -2.50. The largest absolute Gasteiger partial charge is 0.388 e. The van der Waals surface area contributed by atoms with Gasteiger partial charge in [0.25, 0.3) is 5.56 Å². The molecule has 0 saturated carbocycles. The molecule has 156 valence electrons. The number of nitrogens with zero attached hydrogens (tertiary/aromatic N) is 3. The van der Waals surface area contributed by atoms with Crippen LogP contribution in [0.4, 0.5) is 8.78 Å². The van der Waals surface area contributed by atoms with E-state index in [1.165, 1.54) is 15.8 Å². The minimum Gasteiger partial charge on any atom is -0.388 e. The average molecular weight is 426 g/mol. The molecule has 9 heteroatoms. The molecular formula is C20H22ClF2N3O3. The Hall–Kier alpha value is -2.32. The zero-order valence-corrected chi connectivity index (χ0v) is 16.4. The van der Waals surface area contributed by atoms with Gasteiger partial charge in [-0.1, -0.05) is 41.9 Å². The third-order valence-electron chi connectivity index (χ3n) is 5.28. The van der Waals surface area contributed by atoms with Crippen LogP contribution in [0, 0.1) is 0 Å². The van der Waals surface area contributed by atoms with Gasteiger partial charge < -0.3 is 10.0 Å². The Morgan fingerprint density at radius 1 is 1.24 bits per heavy atom. The minimum absolute atomic E-state index is 0.0295. The predicted octanol–water partition coefficient (Wildman–Crippen LogP) is 2.69. The summed E-state index contributed by atoms with van der Waals surface area (Å²) >= 11 is 5.67. The van der Waals surface area contributed by atoms with Gasteiger partial charge in [-0.3, -0.25) is 14.2 Å². The van der Waals surface area contributed by atoms with Crippen LogP contribution in [0.15, 0.2) is 47.5 Å². The van der Waals surface area contributed by atoms with Crippen molar-refractivity contribution in [2.75, 3.05) is 13.1 Å². The summed E-state index contributed by atoms with van der Waals surface area (Å²) in [5.41, 5.74) is -1.13. The highest BCUT2D eigenvalue weighted by atomic mass is 35.5. The fraction of sp³-hybridized carbons (Fsp3) is 0.450. The summed E-state index contributed by atoms with van der Waals surface area (Å²) in [5, 5.41) is 10.9. The summed E-state index contributed by atoms with van der Waals surface area (Å²) in [6.45, 7) is 0.493. The van der Waals surface area contributed by atoms with E-state index in [1.807, 2.05) is 0 Å². The molecule has 1 aromatic carbocycles. The number of halogens is 3. The normalized spacial score (nSPS) is 17.3. The fourth-order valence-corrected chi connectivity index (χ4v) is 3.68. The van der Waals surface area contributed by atoms with Crippen LogP contribution in [-0.2, 0) is 11.3 Å². The van der Waals surface area contributed by atoms with Crippen molar-refractivity contribution in [3.8, 4) is 0 Å². The number of aliphatic hydroxyl groups is 1. The van der Waals surface area contributed by atoms with Gasteiger partial charge >= 0.3 is 0 Å². The second-order valence-electron chi connectivity index (χ2n) is 7.34. The lowest BCUT2D eigenvalue weighted by Gasteiger charge is -2.38. The number of hydrogen-bond acceptors (Lipinski definition) is 4. The van der Waals surface area contributed by atoms with Crippen molar-refractivity contribution in [2.24, 2.45) is 0 Å². The van der Waals surface area contributed by atoms with E-state index in [-0.39, 0.29) is 55.5 Å². The van der Waals surface area contributed by atoms with Crippen LogP contribution >= 0.6 is 11.6 Å². The molecule has 0 radical (unpaired) electrons. The molecule has 1 fully saturated rings. The van der Waals surface area contributed by atoms with Crippen LogP contribution in [-0.4, -0.2) is 50.6 Å². The van der Waals surface area contributed by atoms with Crippen molar-refractivity contribution >= 4 is 17.5 Å². The maximum Gasteiger partial charge on any atom is 0.254 e. The van der Waals surface area contributed by atoms with Crippen LogP contribution in [0.3, 0.4) is 0 Å². The summed E-state index contributed by atoms with van der Waals surface area (Å²) in [6.07, 6.45) is -1.20. The van der Waals surface area contributed by atoms with E-state index in [2.05, 4.69) is 4.98 Å². The number of rotatable bonds is 6. The van der Waals surface area contributed by atoms with E-state index in [0.29, 0.717) is 5.56 Å². The summed E-state index contributed by atoms with van der Waals surface area (Å²) in [4.78, 5) is 29.9. The molecule has 0 aliphatic carbocycles. The smallest absolute Gasteiger partial charge is 0.254 e. The molecule has 0 unspecified atom stereocenters. The molecule has 3 rings (SSSR count). The Kier molecular flexibility index (Phi) is 6.64. The Bertz CT molecular complexity index is 899. The van der Waals surface area contributed by atoms with Gasteiger partial charge in [0.1, 0.15) is 5.15 Å². The van der Waals surface area contributed by atoms with Gasteiger partial charge in [-0.2, -0.15) is 0 Å². The quantitative estimate of drug-likeness (QED) is 0.722. The number of likely N-dealkylation sites (tertiary alicyclic amines) is 1. The monoisotopic (exact) mass is 425 g/mol. The van der Waals surface area contributed by atoms with Crippen LogP contribution in [0.1, 0.15) is 30.7 Å². The Morgan fingerprint density at radius 2 is 1.90 bits per heavy atom. The zero-order valence-electron chi connectivity index (χ0n) is 15.7. The van der Waals surface area contributed by atoms with Gasteiger partial charge in [0.05, 0.1) is 24.4 Å². The number of hydrogen-bond donors (Lipinski definition) is 1. The number of alkyl halides is 2. The molecule has 1 atom stereocenters. The van der Waals surface area contributed by atoms with Crippen LogP contribution in [0.2, 0.25) is 5.15 Å². The summed E-state index contributed by atoms with van der Waals surface area (Å²) in [5.74, 6) is -1.53. The predicted molar refractivity (Wildman–Crippen MR) is 104 cm³/mol. The van der Waals surface area contributed by atoms with Crippen LogP contribution in [0.5, 0.6) is 0 Å². The van der Waals surface area contributed by atoms with E-state index >= 15 is 0 Å². The average Bonchev–Trinajstić information content (AvgIpc) is 2.69. The number of aromatic nitrogens is 2. The molecule has 29 heavy (non-hydrogen) atoms. The molecule has 2 aromatic rings. The number of benzene rings is 1. The third kappa shape index (κ3) is 5.39. The Balaban J connectivity index is 1.60. The first-order valence-electron chi connectivity index (χ1n) is 9.33. The van der Waals surface area contributed by atoms with Crippen molar-refractivity contribution in [2.45, 2.75) is 43.8 Å². The standard InChI is InChI=1S/C20H22ClF2N3O3/c21-16-11-18(28)26(13-24-16)12-20(29)6-8-25(9-7-20)17(27)10-15(19(22)23)14-4-2-1-3-5-14/h1-5,11,13,15,19,29H,6-10,12H2/t15-/m1/s1. The van der Waals surface area contributed by atoms with E-state index in [1.54, 1.807) is 30.3 Å². The van der Waals surface area contributed by atoms with Gasteiger partial charge in [-0.25, -0.2) is 13.8 Å². The molecule has 1 aromatic heterocycles. The molecule has 1 saturated heterocycles. The molecule has 0 bridgehead atoms. The maximum atomic E-state index is 13.5. The zero-order chi connectivity index (χ0) is 21.0. The van der Waals surface area contributed by atoms with Gasteiger partial charge in [0.2, 0.25) is 12.3 Å². The highest BCUT2D eigenvalue weighted by molar-refractivity contribution is 6.29. The van der Waals surface area contributed by atoms with Crippen molar-refractivity contribution in [3.05, 3.63) is 63.8 Å². The molecule has 1 aliphatic heterocycles. The number of amides is 1. The SMILES string of the molecule is O=C(C[C@H](c1ccccc1)C(F)F)N1CCC(O)(Cn2cnc(Cl)cc2=O)CC1. The van der Waals surface area contributed by atoms with Crippen molar-refractivity contribution in [1.29, 1.82) is 0 Å². The third-order valence-corrected chi connectivity index (χ3v) is 5.49. The van der Waals surface area contributed by atoms with Crippen LogP contribution < -0.4 is 5.56 Å². The van der Waals surface area contributed by atoms with Gasteiger partial charge in [-0.15, -0.1) is 0 Å². The van der Waals surface area contributed by atoms with E-state index in [0.717, 1.165) is 6.07 Å². The maximum absolute atomic E-state index is 13.5. The number of carbonyl (C=O) groups is 1.